The predicted molar refractivity (Wildman–Crippen MR) is 126 cm³/mol. The Hall–Kier alpha value is -3.15. The van der Waals surface area contributed by atoms with Gasteiger partial charge in [0.05, 0.1) is 17.5 Å². The molecule has 4 rings (SSSR count). The van der Waals surface area contributed by atoms with E-state index in [9.17, 15) is 9.59 Å². The molecule has 1 aliphatic heterocycles. The first kappa shape index (κ1) is 23.0. The van der Waals surface area contributed by atoms with Crippen molar-refractivity contribution in [3.63, 3.8) is 0 Å². The van der Waals surface area contributed by atoms with Crippen LogP contribution in [0.3, 0.4) is 0 Å². The summed E-state index contributed by atoms with van der Waals surface area (Å²) in [7, 11) is 1.97. The first-order valence-electron chi connectivity index (χ1n) is 11.9. The molecule has 2 amide bonds. The Morgan fingerprint density at radius 2 is 2.00 bits per heavy atom. The molecule has 1 saturated heterocycles. The van der Waals surface area contributed by atoms with Crippen LogP contribution in [0, 0.1) is 23.2 Å². The maximum atomic E-state index is 13.1. The van der Waals surface area contributed by atoms with E-state index in [4.69, 9.17) is 5.26 Å². The van der Waals surface area contributed by atoms with E-state index in [1.54, 1.807) is 15.7 Å². The molecule has 176 valence electrons. The fourth-order valence-electron chi connectivity index (χ4n) is 5.26. The largest absolute Gasteiger partial charge is 0.354 e. The summed E-state index contributed by atoms with van der Waals surface area (Å²) in [5.74, 6) is 1.43. The van der Waals surface area contributed by atoms with Crippen LogP contribution >= 0.6 is 0 Å². The van der Waals surface area contributed by atoms with Gasteiger partial charge in [0.2, 0.25) is 5.91 Å². The molecule has 2 fully saturated rings. The number of hydrogen-bond donors (Lipinski definition) is 1. The number of likely N-dealkylation sites (tertiary alicyclic amines) is 1. The molecule has 0 bridgehead atoms. The molecule has 2 aromatic heterocycles. The molecule has 33 heavy (non-hydrogen) atoms. The number of nitriles is 1. The van der Waals surface area contributed by atoms with Crippen molar-refractivity contribution in [2.24, 2.45) is 11.8 Å². The van der Waals surface area contributed by atoms with Crippen molar-refractivity contribution in [3.05, 3.63) is 18.6 Å². The molecular weight excluding hydrogens is 418 g/mol. The lowest BCUT2D eigenvalue weighted by Crippen LogP contribution is -2.52. The summed E-state index contributed by atoms with van der Waals surface area (Å²) in [6.07, 6.45) is 8.54. The van der Waals surface area contributed by atoms with E-state index >= 15 is 0 Å². The highest BCUT2D eigenvalue weighted by Gasteiger charge is 2.33. The fraction of sp³-hybridized carbons (Fsp3) is 0.625. The van der Waals surface area contributed by atoms with Crippen LogP contribution in [0.25, 0.3) is 11.0 Å². The summed E-state index contributed by atoms with van der Waals surface area (Å²) in [6.45, 7) is 5.59. The van der Waals surface area contributed by atoms with Gasteiger partial charge in [-0.2, -0.15) is 5.26 Å². The van der Waals surface area contributed by atoms with Crippen LogP contribution in [0.5, 0.6) is 0 Å². The standard InChI is InChI=1S/C24H33N7O2/c1-16-6-4-5-7-19(16)28-24(33)31-13-10-18-22(26-15-27-23(18)31)29(3)20-14-30(12-9-17(20)2)21(32)8-11-25/h10,13,15-17,19-20H,4-9,12,14H2,1-3H3,(H,28,33)/t16?,17-,19?,20+/m1/s1. The Morgan fingerprint density at radius 3 is 2.76 bits per heavy atom. The van der Waals surface area contributed by atoms with E-state index < -0.39 is 0 Å². The number of likely N-dealkylation sites (N-methyl/N-ethyl adjacent to an activating group) is 1. The molecule has 0 spiro atoms. The normalized spacial score (nSPS) is 25.5. The smallest absolute Gasteiger partial charge is 0.327 e. The van der Waals surface area contributed by atoms with Crippen LogP contribution in [0.1, 0.15) is 52.4 Å². The van der Waals surface area contributed by atoms with E-state index in [0.717, 1.165) is 36.9 Å². The maximum absolute atomic E-state index is 13.1. The Morgan fingerprint density at radius 1 is 1.21 bits per heavy atom. The van der Waals surface area contributed by atoms with E-state index in [0.29, 0.717) is 30.6 Å². The maximum Gasteiger partial charge on any atom is 0.327 e. The van der Waals surface area contributed by atoms with Crippen molar-refractivity contribution in [2.75, 3.05) is 25.0 Å². The lowest BCUT2D eigenvalue weighted by Gasteiger charge is -2.42. The third kappa shape index (κ3) is 4.65. The number of piperidine rings is 1. The molecule has 1 saturated carbocycles. The number of carbonyl (C=O) groups is 2. The van der Waals surface area contributed by atoms with E-state index in [-0.39, 0.29) is 30.4 Å². The number of hydrogen-bond acceptors (Lipinski definition) is 6. The van der Waals surface area contributed by atoms with Gasteiger partial charge in [0.25, 0.3) is 0 Å². The SMILES string of the molecule is CC1CCCCC1NC(=O)n1ccc2c(N(C)[C@H]3CN(C(=O)CC#N)CC[C@H]3C)ncnc21. The average molecular weight is 452 g/mol. The van der Waals surface area contributed by atoms with E-state index in [1.165, 1.54) is 12.7 Å². The van der Waals surface area contributed by atoms with Crippen molar-refractivity contribution in [1.82, 2.24) is 24.8 Å². The summed E-state index contributed by atoms with van der Waals surface area (Å²) in [5, 5.41) is 12.9. The van der Waals surface area contributed by atoms with Crippen LogP contribution in [-0.4, -0.2) is 63.6 Å². The van der Waals surface area contributed by atoms with Gasteiger partial charge in [-0.05, 0) is 37.2 Å². The average Bonchev–Trinajstić information content (AvgIpc) is 3.25. The highest BCUT2D eigenvalue weighted by Crippen LogP contribution is 2.30. The molecular formula is C24H33N7O2. The molecule has 0 radical (unpaired) electrons. The third-order valence-corrected chi connectivity index (χ3v) is 7.43. The predicted octanol–water partition coefficient (Wildman–Crippen LogP) is 3.15. The zero-order valence-electron chi connectivity index (χ0n) is 19.7. The second-order valence-corrected chi connectivity index (χ2v) is 9.56. The first-order valence-corrected chi connectivity index (χ1v) is 11.9. The van der Waals surface area contributed by atoms with Crippen LogP contribution in [0.2, 0.25) is 0 Å². The summed E-state index contributed by atoms with van der Waals surface area (Å²) in [5.41, 5.74) is 0.577. The minimum absolute atomic E-state index is 0.0553. The van der Waals surface area contributed by atoms with Crippen LogP contribution in [0.15, 0.2) is 18.6 Å². The van der Waals surface area contributed by atoms with Gasteiger partial charge in [-0.3, -0.25) is 9.36 Å². The molecule has 2 aromatic rings. The zero-order chi connectivity index (χ0) is 23.5. The monoisotopic (exact) mass is 451 g/mol. The quantitative estimate of drug-likeness (QED) is 0.765. The van der Waals surface area contributed by atoms with Crippen molar-refractivity contribution in [2.45, 2.75) is 64.5 Å². The highest BCUT2D eigenvalue weighted by molar-refractivity contribution is 5.95. The second-order valence-electron chi connectivity index (χ2n) is 9.56. The lowest BCUT2D eigenvalue weighted by molar-refractivity contribution is -0.131. The van der Waals surface area contributed by atoms with Gasteiger partial charge in [0, 0.05) is 32.4 Å². The minimum Gasteiger partial charge on any atom is -0.354 e. The summed E-state index contributed by atoms with van der Waals surface area (Å²) < 4.78 is 1.57. The minimum atomic E-state index is -0.157. The van der Waals surface area contributed by atoms with Crippen molar-refractivity contribution >= 4 is 28.8 Å². The van der Waals surface area contributed by atoms with Crippen LogP contribution < -0.4 is 10.2 Å². The third-order valence-electron chi connectivity index (χ3n) is 7.43. The Labute approximate surface area is 194 Å². The molecule has 1 aliphatic carbocycles. The summed E-state index contributed by atoms with van der Waals surface area (Å²) >= 11 is 0. The summed E-state index contributed by atoms with van der Waals surface area (Å²) in [4.78, 5) is 38.2. The molecule has 3 heterocycles. The second kappa shape index (κ2) is 9.77. The zero-order valence-corrected chi connectivity index (χ0v) is 19.7. The van der Waals surface area contributed by atoms with Gasteiger partial charge in [0.15, 0.2) is 5.65 Å². The van der Waals surface area contributed by atoms with Crippen molar-refractivity contribution in [1.29, 1.82) is 5.26 Å². The van der Waals surface area contributed by atoms with Gasteiger partial charge in [0.1, 0.15) is 18.6 Å². The Balaban J connectivity index is 1.56. The molecule has 1 N–H and O–H groups in total. The first-order chi connectivity index (χ1) is 15.9. The number of amides is 2. The van der Waals surface area contributed by atoms with Crippen LogP contribution in [0.4, 0.5) is 10.6 Å². The van der Waals surface area contributed by atoms with Gasteiger partial charge in [-0.25, -0.2) is 14.8 Å². The molecule has 2 unspecified atom stereocenters. The highest BCUT2D eigenvalue weighted by atomic mass is 16.2. The van der Waals surface area contributed by atoms with E-state index in [1.807, 2.05) is 19.2 Å². The number of carbonyl (C=O) groups excluding carboxylic acids is 2. The molecule has 0 aromatic carbocycles. The number of anilines is 1. The van der Waals surface area contributed by atoms with Crippen LogP contribution in [-0.2, 0) is 4.79 Å². The number of nitrogens with one attached hydrogen (secondary N) is 1. The Bertz CT molecular complexity index is 1060. The summed E-state index contributed by atoms with van der Waals surface area (Å²) in [6, 6.07) is 3.93. The lowest BCUT2D eigenvalue weighted by atomic mass is 9.86. The topological polar surface area (TPSA) is 107 Å². The van der Waals surface area contributed by atoms with Gasteiger partial charge >= 0.3 is 6.03 Å². The number of fused-ring (bicyclic) bond motifs is 1. The number of rotatable bonds is 4. The van der Waals surface area contributed by atoms with Crippen molar-refractivity contribution in [3.8, 4) is 6.07 Å². The van der Waals surface area contributed by atoms with Gasteiger partial charge < -0.3 is 15.1 Å². The Kier molecular flexibility index (Phi) is 6.82. The van der Waals surface area contributed by atoms with Gasteiger partial charge in [-0.1, -0.05) is 26.7 Å². The molecule has 2 aliphatic rings. The molecule has 9 heteroatoms. The molecule has 4 atom stereocenters. The van der Waals surface area contributed by atoms with Crippen molar-refractivity contribution < 1.29 is 9.59 Å². The van der Waals surface area contributed by atoms with Gasteiger partial charge in [-0.15, -0.1) is 0 Å². The number of aromatic nitrogens is 3. The number of nitrogens with zero attached hydrogens (tertiary/aromatic N) is 6. The fourth-order valence-corrected chi connectivity index (χ4v) is 5.26. The molecule has 9 nitrogen and oxygen atoms in total. The van der Waals surface area contributed by atoms with E-state index in [2.05, 4.69) is 34.0 Å².